The third-order valence-electron chi connectivity index (χ3n) is 4.49. The van der Waals surface area contributed by atoms with E-state index in [0.29, 0.717) is 12.4 Å². The Kier molecular flexibility index (Phi) is 3.11. The number of carbonyl (C=O) groups excluding carboxylic acids is 1. The molecule has 3 aromatic heterocycles. The van der Waals surface area contributed by atoms with E-state index in [1.165, 1.54) is 0 Å². The van der Waals surface area contributed by atoms with Crippen LogP contribution in [0.15, 0.2) is 30.6 Å². The van der Waals surface area contributed by atoms with Gasteiger partial charge in [0.2, 0.25) is 0 Å². The highest BCUT2D eigenvalue weighted by Crippen LogP contribution is 2.29. The summed E-state index contributed by atoms with van der Waals surface area (Å²) in [6.45, 7) is 4.59. The number of hydrogen-bond donors (Lipinski definition) is 1. The van der Waals surface area contributed by atoms with Crippen LogP contribution >= 0.6 is 0 Å². The molecule has 1 atom stereocenters. The number of pyridine rings is 2. The van der Waals surface area contributed by atoms with Gasteiger partial charge in [0.25, 0.3) is 5.91 Å². The molecule has 4 heterocycles. The van der Waals surface area contributed by atoms with Gasteiger partial charge in [0.05, 0.1) is 22.8 Å². The molecule has 4 rings (SSSR count). The van der Waals surface area contributed by atoms with E-state index < -0.39 is 0 Å². The average molecular weight is 307 g/mol. The highest BCUT2D eigenvalue weighted by Gasteiger charge is 2.30. The molecule has 1 amide bonds. The smallest absolute Gasteiger partial charge is 0.290 e. The number of aryl methyl sites for hydroxylation is 1. The van der Waals surface area contributed by atoms with E-state index in [0.717, 1.165) is 34.4 Å². The number of aromatic nitrogens is 4. The molecule has 6 nitrogen and oxygen atoms in total. The minimum Gasteiger partial charge on any atom is -0.332 e. The molecular weight excluding hydrogens is 290 g/mol. The molecule has 0 saturated heterocycles. The number of H-pyrrole nitrogens is 1. The van der Waals surface area contributed by atoms with Crippen molar-refractivity contribution < 1.29 is 4.79 Å². The van der Waals surface area contributed by atoms with Crippen molar-refractivity contribution in [1.82, 2.24) is 24.8 Å². The first-order chi connectivity index (χ1) is 11.1. The normalized spacial score (nSPS) is 17.3. The Bertz CT molecular complexity index is 901. The summed E-state index contributed by atoms with van der Waals surface area (Å²) < 4.78 is 0. The average Bonchev–Trinajstić information content (AvgIpc) is 3.01. The maximum absolute atomic E-state index is 12.9. The SMILES string of the molecule is Cc1nccc2nc(C(=O)N3CCc4ncccc4C3C)[nH]c12. The van der Waals surface area contributed by atoms with Crippen LogP contribution in [0.5, 0.6) is 0 Å². The molecule has 0 spiro atoms. The van der Waals surface area contributed by atoms with E-state index in [1.807, 2.05) is 36.9 Å². The molecule has 0 radical (unpaired) electrons. The molecule has 23 heavy (non-hydrogen) atoms. The van der Waals surface area contributed by atoms with Crippen molar-refractivity contribution in [1.29, 1.82) is 0 Å². The summed E-state index contributed by atoms with van der Waals surface area (Å²) in [5, 5.41) is 0. The van der Waals surface area contributed by atoms with Gasteiger partial charge in [0, 0.05) is 31.1 Å². The van der Waals surface area contributed by atoms with Crippen molar-refractivity contribution in [3.8, 4) is 0 Å². The number of imidazole rings is 1. The third kappa shape index (κ3) is 2.18. The van der Waals surface area contributed by atoms with E-state index in [-0.39, 0.29) is 11.9 Å². The van der Waals surface area contributed by atoms with Crippen molar-refractivity contribution in [3.63, 3.8) is 0 Å². The molecule has 3 aromatic rings. The van der Waals surface area contributed by atoms with Gasteiger partial charge in [-0.3, -0.25) is 14.8 Å². The molecule has 1 aliphatic heterocycles. The summed E-state index contributed by atoms with van der Waals surface area (Å²) in [7, 11) is 0. The summed E-state index contributed by atoms with van der Waals surface area (Å²) >= 11 is 0. The monoisotopic (exact) mass is 307 g/mol. The van der Waals surface area contributed by atoms with Crippen LogP contribution < -0.4 is 0 Å². The van der Waals surface area contributed by atoms with E-state index in [9.17, 15) is 4.79 Å². The summed E-state index contributed by atoms with van der Waals surface area (Å²) in [6, 6.07) is 5.76. The van der Waals surface area contributed by atoms with Crippen molar-refractivity contribution in [2.24, 2.45) is 0 Å². The predicted octanol–water partition coefficient (Wildman–Crippen LogP) is 2.42. The number of fused-ring (bicyclic) bond motifs is 2. The van der Waals surface area contributed by atoms with Crippen molar-refractivity contribution in [3.05, 3.63) is 53.4 Å². The predicted molar refractivity (Wildman–Crippen MR) is 86.0 cm³/mol. The molecule has 1 aliphatic rings. The summed E-state index contributed by atoms with van der Waals surface area (Å²) in [4.78, 5) is 31.0. The van der Waals surface area contributed by atoms with E-state index >= 15 is 0 Å². The van der Waals surface area contributed by atoms with Gasteiger partial charge in [-0.1, -0.05) is 6.07 Å². The Balaban J connectivity index is 1.70. The van der Waals surface area contributed by atoms with Gasteiger partial charge in [-0.2, -0.15) is 0 Å². The van der Waals surface area contributed by atoms with Crippen LogP contribution in [0.25, 0.3) is 11.0 Å². The summed E-state index contributed by atoms with van der Waals surface area (Å²) in [6.07, 6.45) is 4.28. The first kappa shape index (κ1) is 13.9. The molecule has 0 bridgehead atoms. The van der Waals surface area contributed by atoms with Gasteiger partial charge in [0.1, 0.15) is 0 Å². The molecule has 0 fully saturated rings. The lowest BCUT2D eigenvalue weighted by molar-refractivity contribution is 0.0665. The molecule has 0 aromatic carbocycles. The van der Waals surface area contributed by atoms with Crippen LogP contribution in [0.3, 0.4) is 0 Å². The van der Waals surface area contributed by atoms with Crippen LogP contribution in [0, 0.1) is 6.92 Å². The zero-order valence-corrected chi connectivity index (χ0v) is 13.1. The topological polar surface area (TPSA) is 74.8 Å². The number of nitrogens with zero attached hydrogens (tertiary/aromatic N) is 4. The summed E-state index contributed by atoms with van der Waals surface area (Å²) in [5.74, 6) is 0.290. The van der Waals surface area contributed by atoms with Crippen LogP contribution in [0.1, 0.15) is 40.5 Å². The van der Waals surface area contributed by atoms with Crippen LogP contribution in [0.4, 0.5) is 0 Å². The molecular formula is C17H17N5O. The Morgan fingerprint density at radius 2 is 2.17 bits per heavy atom. The maximum Gasteiger partial charge on any atom is 0.290 e. The highest BCUT2D eigenvalue weighted by atomic mass is 16.2. The number of hydrogen-bond acceptors (Lipinski definition) is 4. The molecule has 0 aliphatic carbocycles. The fraction of sp³-hybridized carbons (Fsp3) is 0.294. The number of amides is 1. The number of aromatic amines is 1. The van der Waals surface area contributed by atoms with Crippen LogP contribution in [-0.2, 0) is 6.42 Å². The van der Waals surface area contributed by atoms with E-state index in [1.54, 1.807) is 12.4 Å². The van der Waals surface area contributed by atoms with E-state index in [2.05, 4.69) is 19.9 Å². The zero-order valence-electron chi connectivity index (χ0n) is 13.1. The largest absolute Gasteiger partial charge is 0.332 e. The lowest BCUT2D eigenvalue weighted by atomic mass is 9.98. The number of carbonyl (C=O) groups is 1. The second-order valence-corrected chi connectivity index (χ2v) is 5.84. The quantitative estimate of drug-likeness (QED) is 0.749. The number of nitrogens with one attached hydrogen (secondary N) is 1. The molecule has 1 unspecified atom stereocenters. The third-order valence-corrected chi connectivity index (χ3v) is 4.49. The maximum atomic E-state index is 12.9. The standard InChI is InChI=1S/C17H17N5O/c1-10-15-14(5-8-18-10)20-16(21-15)17(23)22-9-6-13-12(11(22)2)4-3-7-19-13/h3-5,7-8,11H,6,9H2,1-2H3,(H,20,21). The number of rotatable bonds is 1. The zero-order chi connectivity index (χ0) is 16.0. The Hall–Kier alpha value is -2.76. The van der Waals surface area contributed by atoms with Crippen LogP contribution in [-0.4, -0.2) is 37.3 Å². The Morgan fingerprint density at radius 1 is 1.30 bits per heavy atom. The fourth-order valence-corrected chi connectivity index (χ4v) is 3.21. The van der Waals surface area contributed by atoms with Gasteiger partial charge in [-0.05, 0) is 31.5 Å². The first-order valence-electron chi connectivity index (χ1n) is 7.71. The highest BCUT2D eigenvalue weighted by molar-refractivity contribution is 5.94. The minimum atomic E-state index is -0.0809. The lowest BCUT2D eigenvalue weighted by Crippen LogP contribution is -2.39. The Labute approximate surface area is 133 Å². The van der Waals surface area contributed by atoms with E-state index in [4.69, 9.17) is 0 Å². The second-order valence-electron chi connectivity index (χ2n) is 5.84. The van der Waals surface area contributed by atoms with Crippen molar-refractivity contribution in [2.75, 3.05) is 6.54 Å². The van der Waals surface area contributed by atoms with Gasteiger partial charge in [-0.25, -0.2) is 4.98 Å². The Morgan fingerprint density at radius 3 is 3.00 bits per heavy atom. The molecule has 116 valence electrons. The van der Waals surface area contributed by atoms with Crippen LogP contribution in [0.2, 0.25) is 0 Å². The molecule has 0 saturated carbocycles. The molecule has 6 heteroatoms. The first-order valence-corrected chi connectivity index (χ1v) is 7.71. The summed E-state index contributed by atoms with van der Waals surface area (Å²) in [5.41, 5.74) is 4.63. The van der Waals surface area contributed by atoms with Crippen molar-refractivity contribution in [2.45, 2.75) is 26.3 Å². The van der Waals surface area contributed by atoms with Gasteiger partial charge < -0.3 is 9.88 Å². The minimum absolute atomic E-state index is 0.00705. The second kappa shape index (κ2) is 5.15. The molecule has 1 N–H and O–H groups in total. The van der Waals surface area contributed by atoms with Gasteiger partial charge in [0.15, 0.2) is 5.82 Å². The van der Waals surface area contributed by atoms with Gasteiger partial charge in [-0.15, -0.1) is 0 Å². The van der Waals surface area contributed by atoms with Crippen molar-refractivity contribution >= 4 is 16.9 Å². The lowest BCUT2D eigenvalue weighted by Gasteiger charge is -2.34. The van der Waals surface area contributed by atoms with Gasteiger partial charge >= 0.3 is 0 Å². The fourth-order valence-electron chi connectivity index (χ4n) is 3.21.